The highest BCUT2D eigenvalue weighted by molar-refractivity contribution is 5.95. The van der Waals surface area contributed by atoms with Crippen LogP contribution in [0.1, 0.15) is 18.4 Å². The van der Waals surface area contributed by atoms with Crippen LogP contribution in [-0.4, -0.2) is 21.6 Å². The Hall–Kier alpha value is -2.73. The molecule has 2 N–H and O–H groups in total. The minimum absolute atomic E-state index is 0. The average molecular weight is 387 g/mol. The van der Waals surface area contributed by atoms with E-state index in [2.05, 4.69) is 0 Å². The van der Waals surface area contributed by atoms with E-state index in [1.54, 1.807) is 16.2 Å². The van der Waals surface area contributed by atoms with Gasteiger partial charge < -0.3 is 10.6 Å². The molecule has 2 aromatic carbocycles. The molecule has 0 aliphatic carbocycles. The van der Waals surface area contributed by atoms with Gasteiger partial charge in [0.15, 0.2) is 0 Å². The van der Waals surface area contributed by atoms with Crippen LogP contribution in [0.3, 0.4) is 0 Å². The fraction of sp³-hybridized carbons (Fsp3) is 0.300. The monoisotopic (exact) mass is 386 g/mol. The van der Waals surface area contributed by atoms with Gasteiger partial charge in [-0.1, -0.05) is 18.2 Å². The number of hydrogen-bond donors (Lipinski definition) is 1. The summed E-state index contributed by atoms with van der Waals surface area (Å²) in [6.07, 6.45) is 2.08. The molecule has 2 heterocycles. The fourth-order valence-corrected chi connectivity index (χ4v) is 3.83. The molecule has 0 saturated carbocycles. The summed E-state index contributed by atoms with van der Waals surface area (Å²) >= 11 is 0. The Morgan fingerprint density at radius 2 is 1.85 bits per heavy atom. The van der Waals surface area contributed by atoms with E-state index in [0.717, 1.165) is 40.8 Å². The van der Waals surface area contributed by atoms with E-state index in [1.807, 2.05) is 47.4 Å². The zero-order valence-corrected chi connectivity index (χ0v) is 16.0. The molecule has 0 fully saturated rings. The lowest BCUT2D eigenvalue weighted by atomic mass is 9.99. The number of aromatic nitrogens is 2. The summed E-state index contributed by atoms with van der Waals surface area (Å²) in [5.74, 6) is 0.0244. The van der Waals surface area contributed by atoms with Gasteiger partial charge in [-0.25, -0.2) is 4.79 Å². The van der Waals surface area contributed by atoms with Gasteiger partial charge in [0.2, 0.25) is 5.91 Å². The molecule has 0 atom stereocenters. The van der Waals surface area contributed by atoms with Gasteiger partial charge in [-0.15, -0.1) is 12.4 Å². The number of hydrogen-bond acceptors (Lipinski definition) is 3. The van der Waals surface area contributed by atoms with Gasteiger partial charge in [0.25, 0.3) is 0 Å². The van der Waals surface area contributed by atoms with Crippen molar-refractivity contribution in [3.05, 3.63) is 58.5 Å². The maximum absolute atomic E-state index is 12.9. The zero-order valence-electron chi connectivity index (χ0n) is 15.2. The van der Waals surface area contributed by atoms with Crippen molar-refractivity contribution < 1.29 is 4.79 Å². The van der Waals surface area contributed by atoms with Crippen LogP contribution in [0.25, 0.3) is 11.0 Å². The van der Waals surface area contributed by atoms with Crippen molar-refractivity contribution in [2.24, 2.45) is 7.05 Å². The van der Waals surface area contributed by atoms with Gasteiger partial charge in [-0.2, -0.15) is 0 Å². The second kappa shape index (κ2) is 7.48. The second-order valence-electron chi connectivity index (χ2n) is 6.73. The third-order valence-corrected chi connectivity index (χ3v) is 5.19. The molecule has 1 aromatic heterocycles. The number of aryl methyl sites for hydroxylation is 2. The highest BCUT2D eigenvalue weighted by atomic mass is 35.5. The Morgan fingerprint density at radius 1 is 1.11 bits per heavy atom. The number of carbonyl (C=O) groups excluding carboxylic acids is 1. The number of imidazole rings is 1. The van der Waals surface area contributed by atoms with Crippen LogP contribution in [0.15, 0.2) is 47.3 Å². The van der Waals surface area contributed by atoms with E-state index in [4.69, 9.17) is 5.73 Å². The Morgan fingerprint density at radius 3 is 2.63 bits per heavy atom. The smallest absolute Gasteiger partial charge is 0.328 e. The fourth-order valence-electron chi connectivity index (χ4n) is 3.83. The summed E-state index contributed by atoms with van der Waals surface area (Å²) < 4.78 is 3.30. The Balaban J connectivity index is 0.00000210. The van der Waals surface area contributed by atoms with Gasteiger partial charge in [-0.3, -0.25) is 13.9 Å². The molecule has 1 aliphatic rings. The summed E-state index contributed by atoms with van der Waals surface area (Å²) in [5.41, 5.74) is 10.4. The lowest BCUT2D eigenvalue weighted by Crippen LogP contribution is -2.36. The highest BCUT2D eigenvalue weighted by Crippen LogP contribution is 2.31. The van der Waals surface area contributed by atoms with E-state index in [-0.39, 0.29) is 30.4 Å². The Labute approximate surface area is 163 Å². The average Bonchev–Trinajstić information content (AvgIpc) is 2.91. The first-order chi connectivity index (χ1) is 12.6. The minimum atomic E-state index is -0.0951. The molecule has 3 aromatic rings. The van der Waals surface area contributed by atoms with Crippen molar-refractivity contribution in [1.29, 1.82) is 0 Å². The molecular weight excluding hydrogens is 364 g/mol. The van der Waals surface area contributed by atoms with E-state index >= 15 is 0 Å². The number of benzene rings is 2. The first-order valence-electron chi connectivity index (χ1n) is 8.90. The van der Waals surface area contributed by atoms with Crippen LogP contribution in [0.4, 0.5) is 11.4 Å². The molecule has 1 aliphatic heterocycles. The SMILES string of the molecule is Cl.Cn1c(=O)n(CCC(=O)N2CCCc3c(N)cccc32)c2ccccc21. The Kier molecular flexibility index (Phi) is 5.28. The second-order valence-corrected chi connectivity index (χ2v) is 6.73. The predicted molar refractivity (Wildman–Crippen MR) is 111 cm³/mol. The molecule has 0 saturated heterocycles. The highest BCUT2D eigenvalue weighted by Gasteiger charge is 2.24. The normalized spacial score (nSPS) is 13.3. The van der Waals surface area contributed by atoms with E-state index in [1.165, 1.54) is 0 Å². The van der Waals surface area contributed by atoms with Gasteiger partial charge in [0, 0.05) is 37.9 Å². The summed E-state index contributed by atoms with van der Waals surface area (Å²) in [5, 5.41) is 0. The number of halogens is 1. The molecular formula is C20H23ClN4O2. The van der Waals surface area contributed by atoms with E-state index in [0.29, 0.717) is 13.1 Å². The van der Waals surface area contributed by atoms with Crippen molar-refractivity contribution in [3.63, 3.8) is 0 Å². The maximum Gasteiger partial charge on any atom is 0.328 e. The molecule has 4 rings (SSSR count). The maximum atomic E-state index is 12.9. The first kappa shape index (κ1) is 19.0. The standard InChI is InChI=1S/C20H22N4O2.ClH/c1-22-17-8-2-3-9-18(17)24(20(22)26)13-11-19(25)23-12-5-6-14-15(21)7-4-10-16(14)23;/h2-4,7-10H,5-6,11-13,21H2,1H3;1H. The van der Waals surface area contributed by atoms with Crippen LogP contribution in [-0.2, 0) is 24.8 Å². The number of anilines is 2. The molecule has 0 radical (unpaired) electrons. The van der Waals surface area contributed by atoms with Gasteiger partial charge >= 0.3 is 5.69 Å². The van der Waals surface area contributed by atoms with Crippen LogP contribution < -0.4 is 16.3 Å². The van der Waals surface area contributed by atoms with E-state index in [9.17, 15) is 9.59 Å². The molecule has 7 heteroatoms. The van der Waals surface area contributed by atoms with Crippen molar-refractivity contribution in [2.75, 3.05) is 17.2 Å². The summed E-state index contributed by atoms with van der Waals surface area (Å²) in [6.45, 7) is 1.06. The van der Waals surface area contributed by atoms with Crippen molar-refractivity contribution in [3.8, 4) is 0 Å². The van der Waals surface area contributed by atoms with Gasteiger partial charge in [0.05, 0.1) is 11.0 Å². The van der Waals surface area contributed by atoms with Crippen molar-refractivity contribution in [2.45, 2.75) is 25.8 Å². The zero-order chi connectivity index (χ0) is 18.3. The third kappa shape index (κ3) is 3.21. The molecule has 6 nitrogen and oxygen atoms in total. The first-order valence-corrected chi connectivity index (χ1v) is 8.90. The van der Waals surface area contributed by atoms with Crippen molar-refractivity contribution in [1.82, 2.24) is 9.13 Å². The molecule has 0 unspecified atom stereocenters. The number of nitrogens with zero attached hydrogens (tertiary/aromatic N) is 3. The van der Waals surface area contributed by atoms with Crippen LogP contribution >= 0.6 is 12.4 Å². The lowest BCUT2D eigenvalue weighted by Gasteiger charge is -2.30. The Bertz CT molecular complexity index is 1050. The quantitative estimate of drug-likeness (QED) is 0.703. The number of carbonyl (C=O) groups is 1. The number of nitrogen functional groups attached to an aromatic ring is 1. The van der Waals surface area contributed by atoms with Crippen LogP contribution in [0.2, 0.25) is 0 Å². The molecule has 0 bridgehead atoms. The van der Waals surface area contributed by atoms with Gasteiger partial charge in [0.1, 0.15) is 0 Å². The van der Waals surface area contributed by atoms with Crippen LogP contribution in [0.5, 0.6) is 0 Å². The number of amides is 1. The number of fused-ring (bicyclic) bond motifs is 2. The molecule has 0 spiro atoms. The van der Waals surface area contributed by atoms with Gasteiger partial charge in [-0.05, 0) is 42.7 Å². The largest absolute Gasteiger partial charge is 0.398 e. The summed E-state index contributed by atoms with van der Waals surface area (Å²) in [4.78, 5) is 27.2. The van der Waals surface area contributed by atoms with Crippen LogP contribution in [0, 0.1) is 0 Å². The molecule has 1 amide bonds. The third-order valence-electron chi connectivity index (χ3n) is 5.19. The molecule has 142 valence electrons. The number of para-hydroxylation sites is 2. The number of nitrogens with two attached hydrogens (primary N) is 1. The summed E-state index contributed by atoms with van der Waals surface area (Å²) in [6, 6.07) is 13.4. The predicted octanol–water partition coefficient (Wildman–Crippen LogP) is 2.71. The van der Waals surface area contributed by atoms with E-state index < -0.39 is 0 Å². The molecule has 27 heavy (non-hydrogen) atoms. The van der Waals surface area contributed by atoms with Crippen molar-refractivity contribution >= 4 is 40.7 Å². The lowest BCUT2D eigenvalue weighted by molar-refractivity contribution is -0.118. The number of rotatable bonds is 3. The topological polar surface area (TPSA) is 73.3 Å². The minimum Gasteiger partial charge on any atom is -0.398 e. The summed E-state index contributed by atoms with van der Waals surface area (Å²) in [7, 11) is 1.76.